The molecule has 3 rings (SSSR count). The molecule has 18 heavy (non-hydrogen) atoms. The first-order valence-electron chi connectivity index (χ1n) is 6.92. The van der Waals surface area contributed by atoms with Gasteiger partial charge in [-0.15, -0.1) is 0 Å². The van der Waals surface area contributed by atoms with E-state index in [0.29, 0.717) is 11.7 Å². The van der Waals surface area contributed by atoms with Crippen LogP contribution in [0.4, 0.5) is 5.69 Å². The number of likely N-dealkylation sites (tertiary alicyclic amines) is 1. The molecule has 1 aromatic carbocycles. The Labute approximate surface area is 108 Å². The van der Waals surface area contributed by atoms with Gasteiger partial charge in [0.1, 0.15) is 0 Å². The molecular formula is C15H20N2O. The van der Waals surface area contributed by atoms with Crippen LogP contribution in [0.3, 0.4) is 0 Å². The molecular weight excluding hydrogens is 224 g/mol. The molecule has 2 fully saturated rings. The highest BCUT2D eigenvalue weighted by Crippen LogP contribution is 2.37. The number of anilines is 1. The zero-order valence-corrected chi connectivity index (χ0v) is 10.6. The summed E-state index contributed by atoms with van der Waals surface area (Å²) in [5, 5.41) is 0. The molecule has 0 spiro atoms. The molecule has 3 nitrogen and oxygen atoms in total. The van der Waals surface area contributed by atoms with Gasteiger partial charge in [-0.05, 0) is 49.8 Å². The summed E-state index contributed by atoms with van der Waals surface area (Å²) in [5.74, 6) is 0.911. The summed E-state index contributed by atoms with van der Waals surface area (Å²) in [4.78, 5) is 14.6. The van der Waals surface area contributed by atoms with Crippen molar-refractivity contribution in [1.82, 2.24) is 4.90 Å². The Hall–Kier alpha value is -1.51. The highest BCUT2D eigenvalue weighted by Gasteiger charge is 2.37. The number of carbonyl (C=O) groups excluding carboxylic acids is 1. The van der Waals surface area contributed by atoms with E-state index in [4.69, 9.17) is 5.73 Å². The number of rotatable bonds is 2. The van der Waals surface area contributed by atoms with E-state index in [0.717, 1.165) is 24.4 Å². The molecule has 1 aliphatic heterocycles. The molecule has 1 amide bonds. The van der Waals surface area contributed by atoms with Crippen molar-refractivity contribution >= 4 is 11.6 Å². The van der Waals surface area contributed by atoms with Crippen LogP contribution in [0.2, 0.25) is 0 Å². The van der Waals surface area contributed by atoms with E-state index in [1.165, 1.54) is 25.7 Å². The van der Waals surface area contributed by atoms with Gasteiger partial charge < -0.3 is 10.6 Å². The third kappa shape index (κ3) is 1.98. The summed E-state index contributed by atoms with van der Waals surface area (Å²) in [6.45, 7) is 0.912. The molecule has 1 unspecified atom stereocenters. The molecule has 0 aromatic heterocycles. The Kier molecular flexibility index (Phi) is 2.98. The van der Waals surface area contributed by atoms with Gasteiger partial charge in [0, 0.05) is 23.8 Å². The molecule has 2 aliphatic rings. The van der Waals surface area contributed by atoms with Gasteiger partial charge in [-0.3, -0.25) is 4.79 Å². The van der Waals surface area contributed by atoms with Gasteiger partial charge >= 0.3 is 0 Å². The van der Waals surface area contributed by atoms with Crippen LogP contribution in [-0.4, -0.2) is 23.4 Å². The molecule has 1 saturated carbocycles. The number of nitrogens with zero attached hydrogens (tertiary/aromatic N) is 1. The van der Waals surface area contributed by atoms with Gasteiger partial charge in [0.15, 0.2) is 0 Å². The van der Waals surface area contributed by atoms with Gasteiger partial charge in [0.2, 0.25) is 0 Å². The first kappa shape index (κ1) is 11.6. The first-order chi connectivity index (χ1) is 8.75. The zero-order chi connectivity index (χ0) is 12.5. The van der Waals surface area contributed by atoms with E-state index >= 15 is 0 Å². The highest BCUT2D eigenvalue weighted by atomic mass is 16.2. The number of carbonyl (C=O) groups is 1. The van der Waals surface area contributed by atoms with Gasteiger partial charge in [-0.25, -0.2) is 0 Å². The van der Waals surface area contributed by atoms with Crippen molar-refractivity contribution in [2.24, 2.45) is 5.92 Å². The van der Waals surface area contributed by atoms with Crippen LogP contribution in [0.1, 0.15) is 42.5 Å². The van der Waals surface area contributed by atoms with Crippen LogP contribution in [0.5, 0.6) is 0 Å². The van der Waals surface area contributed by atoms with Gasteiger partial charge in [-0.1, -0.05) is 12.5 Å². The van der Waals surface area contributed by atoms with Gasteiger partial charge in [-0.2, -0.15) is 0 Å². The monoisotopic (exact) mass is 244 g/mol. The zero-order valence-electron chi connectivity index (χ0n) is 10.6. The van der Waals surface area contributed by atoms with Crippen LogP contribution in [-0.2, 0) is 0 Å². The molecule has 1 atom stereocenters. The van der Waals surface area contributed by atoms with Crippen molar-refractivity contribution in [2.75, 3.05) is 12.3 Å². The minimum Gasteiger partial charge on any atom is -0.399 e. The number of hydrogen-bond acceptors (Lipinski definition) is 2. The van der Waals surface area contributed by atoms with Gasteiger partial charge in [0.25, 0.3) is 5.91 Å². The summed E-state index contributed by atoms with van der Waals surface area (Å²) in [7, 11) is 0. The van der Waals surface area contributed by atoms with Crippen LogP contribution >= 0.6 is 0 Å². The van der Waals surface area contributed by atoms with Crippen LogP contribution in [0.25, 0.3) is 0 Å². The second-order valence-corrected chi connectivity index (χ2v) is 5.52. The van der Waals surface area contributed by atoms with Crippen molar-refractivity contribution in [1.29, 1.82) is 0 Å². The van der Waals surface area contributed by atoms with E-state index < -0.39 is 0 Å². The number of nitrogens with two attached hydrogens (primary N) is 1. The van der Waals surface area contributed by atoms with Crippen LogP contribution < -0.4 is 5.73 Å². The van der Waals surface area contributed by atoms with E-state index in [1.54, 1.807) is 6.07 Å². The fourth-order valence-electron chi connectivity index (χ4n) is 3.20. The second-order valence-electron chi connectivity index (χ2n) is 5.52. The van der Waals surface area contributed by atoms with Crippen LogP contribution in [0.15, 0.2) is 24.3 Å². The molecule has 1 aromatic rings. The van der Waals surface area contributed by atoms with E-state index in [2.05, 4.69) is 4.90 Å². The standard InChI is InChI=1S/C15H20N2O/c16-13-7-2-6-12(10-13)15(18)17-9-3-8-14(17)11-4-1-5-11/h2,6-7,10-11,14H,1,3-5,8-9,16H2. The largest absolute Gasteiger partial charge is 0.399 e. The number of benzene rings is 1. The third-order valence-corrected chi connectivity index (χ3v) is 4.39. The lowest BCUT2D eigenvalue weighted by Crippen LogP contribution is -2.42. The van der Waals surface area contributed by atoms with Crippen molar-refractivity contribution in [2.45, 2.75) is 38.1 Å². The van der Waals surface area contributed by atoms with Crippen molar-refractivity contribution < 1.29 is 4.79 Å². The smallest absolute Gasteiger partial charge is 0.254 e. The minimum absolute atomic E-state index is 0.164. The molecule has 1 aliphatic carbocycles. The third-order valence-electron chi connectivity index (χ3n) is 4.39. The summed E-state index contributed by atoms with van der Waals surface area (Å²) in [6.07, 6.45) is 6.26. The molecule has 0 radical (unpaired) electrons. The Morgan fingerprint density at radius 3 is 2.72 bits per heavy atom. The van der Waals surface area contributed by atoms with Crippen LogP contribution in [0, 0.1) is 5.92 Å². The molecule has 1 heterocycles. The predicted molar refractivity (Wildman–Crippen MR) is 72.3 cm³/mol. The average Bonchev–Trinajstić information content (AvgIpc) is 2.74. The topological polar surface area (TPSA) is 46.3 Å². The maximum absolute atomic E-state index is 12.5. The summed E-state index contributed by atoms with van der Waals surface area (Å²) in [6, 6.07) is 7.82. The predicted octanol–water partition coefficient (Wildman–Crippen LogP) is 2.67. The number of amides is 1. The van der Waals surface area contributed by atoms with Crippen molar-refractivity contribution in [3.8, 4) is 0 Å². The number of hydrogen-bond donors (Lipinski definition) is 1. The minimum atomic E-state index is 0.164. The SMILES string of the molecule is Nc1cccc(C(=O)N2CCCC2C2CCC2)c1. The lowest BCUT2D eigenvalue weighted by atomic mass is 9.78. The Bertz CT molecular complexity index is 454. The number of nitrogen functional groups attached to an aromatic ring is 1. The average molecular weight is 244 g/mol. The summed E-state index contributed by atoms with van der Waals surface area (Å²) < 4.78 is 0. The molecule has 3 heteroatoms. The lowest BCUT2D eigenvalue weighted by molar-refractivity contribution is 0.0626. The second kappa shape index (κ2) is 4.63. The fourth-order valence-corrected chi connectivity index (χ4v) is 3.20. The maximum Gasteiger partial charge on any atom is 0.254 e. The fraction of sp³-hybridized carbons (Fsp3) is 0.533. The Morgan fingerprint density at radius 1 is 1.22 bits per heavy atom. The van der Waals surface area contributed by atoms with E-state index in [-0.39, 0.29) is 5.91 Å². The molecule has 96 valence electrons. The van der Waals surface area contributed by atoms with E-state index in [1.807, 2.05) is 18.2 Å². The quantitative estimate of drug-likeness (QED) is 0.813. The maximum atomic E-state index is 12.5. The lowest BCUT2D eigenvalue weighted by Gasteiger charge is -2.37. The molecule has 1 saturated heterocycles. The normalized spacial score (nSPS) is 24.0. The molecule has 0 bridgehead atoms. The van der Waals surface area contributed by atoms with Crippen molar-refractivity contribution in [3.05, 3.63) is 29.8 Å². The first-order valence-corrected chi connectivity index (χ1v) is 6.92. The molecule has 2 N–H and O–H groups in total. The highest BCUT2D eigenvalue weighted by molar-refractivity contribution is 5.95. The van der Waals surface area contributed by atoms with Crippen molar-refractivity contribution in [3.63, 3.8) is 0 Å². The Balaban J connectivity index is 1.78. The van der Waals surface area contributed by atoms with E-state index in [9.17, 15) is 4.79 Å². The summed E-state index contributed by atoms with van der Waals surface area (Å²) in [5.41, 5.74) is 7.16. The summed E-state index contributed by atoms with van der Waals surface area (Å²) >= 11 is 0. The van der Waals surface area contributed by atoms with Gasteiger partial charge in [0.05, 0.1) is 0 Å². The Morgan fingerprint density at radius 2 is 2.06 bits per heavy atom.